The highest BCUT2D eigenvalue weighted by molar-refractivity contribution is 8.21. The summed E-state index contributed by atoms with van der Waals surface area (Å²) in [5, 5.41) is 12.7. The van der Waals surface area contributed by atoms with Gasteiger partial charge in [-0.15, -0.1) is 23.5 Å². The largest absolute Gasteiger partial charge is 0.480 e. The van der Waals surface area contributed by atoms with Gasteiger partial charge in [0, 0.05) is 24.5 Å². The molecule has 0 aromatic carbocycles. The summed E-state index contributed by atoms with van der Waals surface area (Å²) in [6.45, 7) is 6.20. The van der Waals surface area contributed by atoms with Crippen LogP contribution >= 0.6 is 23.5 Å². The normalized spacial score (nSPS) is 23.4. The molecular formula is C18H30N2O5S2. The van der Waals surface area contributed by atoms with Gasteiger partial charge in [0.25, 0.3) is 0 Å². The van der Waals surface area contributed by atoms with Gasteiger partial charge in [0.1, 0.15) is 12.1 Å². The number of carboxylic acids is 1. The van der Waals surface area contributed by atoms with Gasteiger partial charge in [-0.3, -0.25) is 14.9 Å². The second-order valence-electron chi connectivity index (χ2n) is 6.97. The number of carboxylic acid groups (broad SMARTS) is 1. The summed E-state index contributed by atoms with van der Waals surface area (Å²) in [6.07, 6.45) is 2.83. The topological polar surface area (TPSA) is 95.9 Å². The van der Waals surface area contributed by atoms with Crippen LogP contribution in [-0.2, 0) is 19.1 Å². The van der Waals surface area contributed by atoms with Crippen LogP contribution in [0.25, 0.3) is 0 Å². The summed E-state index contributed by atoms with van der Waals surface area (Å²) >= 11 is 3.51. The Balaban J connectivity index is 2.06. The van der Waals surface area contributed by atoms with E-state index < -0.39 is 24.1 Å². The highest BCUT2D eigenvalue weighted by atomic mass is 32.2. The molecule has 27 heavy (non-hydrogen) atoms. The molecule has 154 valence electrons. The summed E-state index contributed by atoms with van der Waals surface area (Å²) in [6, 6.07) is -2.01. The fourth-order valence-electron chi connectivity index (χ4n) is 3.54. The van der Waals surface area contributed by atoms with Crippen LogP contribution in [0.3, 0.4) is 0 Å². The van der Waals surface area contributed by atoms with Gasteiger partial charge in [-0.25, -0.2) is 4.79 Å². The zero-order valence-corrected chi connectivity index (χ0v) is 17.9. The number of nitrogens with one attached hydrogen (secondary N) is 1. The van der Waals surface area contributed by atoms with Crippen molar-refractivity contribution >= 4 is 41.4 Å². The average molecular weight is 419 g/mol. The Bertz CT molecular complexity index is 554. The lowest BCUT2D eigenvalue weighted by atomic mass is 10.1. The van der Waals surface area contributed by atoms with Crippen LogP contribution in [0.4, 0.5) is 0 Å². The molecule has 1 amide bonds. The van der Waals surface area contributed by atoms with Crippen LogP contribution in [0.1, 0.15) is 46.5 Å². The molecule has 2 N–H and O–H groups in total. The van der Waals surface area contributed by atoms with Gasteiger partial charge in [0.2, 0.25) is 5.91 Å². The van der Waals surface area contributed by atoms with Gasteiger partial charge in [0.05, 0.1) is 16.7 Å². The Morgan fingerprint density at radius 1 is 1.30 bits per heavy atom. The standard InChI is InChI=1S/C18H30N2O5S2/c1-4-6-7-13(17(24)25-5-2)19-12(3)15(21)20-11-18(26-8-9-27-18)10-14(20)16(22)23/h12-14,19H,4-11H2,1-3H3,(H,22,23)/t12-,13-,14-/m0/s1. The Labute approximate surface area is 169 Å². The van der Waals surface area contributed by atoms with Crippen molar-refractivity contribution in [1.82, 2.24) is 10.2 Å². The lowest BCUT2D eigenvalue weighted by Crippen LogP contribution is -2.53. The molecule has 1 spiro atoms. The van der Waals surface area contributed by atoms with Crippen LogP contribution in [-0.4, -0.2) is 74.7 Å². The molecule has 0 aliphatic carbocycles. The molecule has 3 atom stereocenters. The Kier molecular flexibility index (Phi) is 8.30. The predicted octanol–water partition coefficient (Wildman–Crippen LogP) is 1.95. The number of nitrogens with zero attached hydrogens (tertiary/aromatic N) is 1. The average Bonchev–Trinajstić information content (AvgIpc) is 3.25. The van der Waals surface area contributed by atoms with Crippen LogP contribution in [0.5, 0.6) is 0 Å². The molecular weight excluding hydrogens is 388 g/mol. The summed E-state index contributed by atoms with van der Waals surface area (Å²) in [4.78, 5) is 38.4. The fourth-order valence-corrected chi connectivity index (χ4v) is 6.80. The number of ether oxygens (including phenoxy) is 1. The molecule has 0 saturated carbocycles. The first-order valence-corrected chi connectivity index (χ1v) is 11.5. The Morgan fingerprint density at radius 2 is 1.96 bits per heavy atom. The van der Waals surface area contributed by atoms with Crippen molar-refractivity contribution in [2.75, 3.05) is 24.7 Å². The summed E-state index contributed by atoms with van der Waals surface area (Å²) in [5.74, 6) is 0.371. The third-order valence-corrected chi connectivity index (χ3v) is 8.34. The van der Waals surface area contributed by atoms with Gasteiger partial charge in [-0.05, 0) is 20.3 Å². The van der Waals surface area contributed by atoms with Crippen molar-refractivity contribution < 1.29 is 24.2 Å². The quantitative estimate of drug-likeness (QED) is 0.549. The molecule has 2 fully saturated rings. The lowest BCUT2D eigenvalue weighted by Gasteiger charge is -2.28. The SMILES string of the molecule is CCCC[C@H](N[C@@H](C)C(=O)N1CC2(C[C@H]1C(=O)O)SCCS2)C(=O)OCC. The van der Waals surface area contributed by atoms with E-state index >= 15 is 0 Å². The molecule has 2 saturated heterocycles. The number of carbonyl (C=O) groups is 3. The maximum Gasteiger partial charge on any atom is 0.326 e. The molecule has 2 aliphatic rings. The molecule has 0 aromatic heterocycles. The number of unbranched alkanes of at least 4 members (excludes halogenated alkanes) is 1. The van der Waals surface area contributed by atoms with E-state index in [1.807, 2.05) is 6.92 Å². The summed E-state index contributed by atoms with van der Waals surface area (Å²) < 4.78 is 4.91. The minimum absolute atomic E-state index is 0.207. The highest BCUT2D eigenvalue weighted by Crippen LogP contribution is 2.51. The number of esters is 1. The van der Waals surface area contributed by atoms with Gasteiger partial charge < -0.3 is 14.7 Å². The van der Waals surface area contributed by atoms with E-state index in [1.165, 1.54) is 4.90 Å². The van der Waals surface area contributed by atoms with Crippen molar-refractivity contribution in [3.63, 3.8) is 0 Å². The first-order chi connectivity index (χ1) is 12.8. The van der Waals surface area contributed by atoms with Gasteiger partial charge >= 0.3 is 11.9 Å². The third-order valence-electron chi connectivity index (χ3n) is 4.91. The van der Waals surface area contributed by atoms with Crippen molar-refractivity contribution in [2.24, 2.45) is 0 Å². The lowest BCUT2D eigenvalue weighted by molar-refractivity contribution is -0.150. The van der Waals surface area contributed by atoms with E-state index in [0.29, 0.717) is 19.4 Å². The van der Waals surface area contributed by atoms with E-state index in [4.69, 9.17) is 4.74 Å². The number of rotatable bonds is 9. The second-order valence-corrected chi connectivity index (χ2v) is 10.2. The Hall–Kier alpha value is -0.930. The second kappa shape index (κ2) is 10.0. The summed E-state index contributed by atoms with van der Waals surface area (Å²) in [5.41, 5.74) is 0. The number of aliphatic carboxylic acids is 1. The highest BCUT2D eigenvalue weighted by Gasteiger charge is 2.52. The zero-order chi connectivity index (χ0) is 20.0. The zero-order valence-electron chi connectivity index (χ0n) is 16.2. The van der Waals surface area contributed by atoms with Gasteiger partial charge in [-0.2, -0.15) is 0 Å². The first-order valence-electron chi connectivity index (χ1n) is 9.57. The molecule has 0 unspecified atom stereocenters. The van der Waals surface area contributed by atoms with E-state index in [2.05, 4.69) is 5.32 Å². The molecule has 0 bridgehead atoms. The van der Waals surface area contributed by atoms with Crippen molar-refractivity contribution in [3.8, 4) is 0 Å². The molecule has 2 aliphatic heterocycles. The van der Waals surface area contributed by atoms with Crippen molar-refractivity contribution in [1.29, 1.82) is 0 Å². The molecule has 9 heteroatoms. The number of hydrogen-bond acceptors (Lipinski definition) is 7. The third kappa shape index (κ3) is 5.54. The van der Waals surface area contributed by atoms with Crippen LogP contribution < -0.4 is 5.32 Å². The minimum atomic E-state index is -0.964. The number of likely N-dealkylation sites (tertiary alicyclic amines) is 1. The molecule has 2 rings (SSSR count). The maximum absolute atomic E-state index is 13.0. The maximum atomic E-state index is 13.0. The van der Waals surface area contributed by atoms with Gasteiger partial charge in [-0.1, -0.05) is 19.8 Å². The van der Waals surface area contributed by atoms with Crippen LogP contribution in [0.2, 0.25) is 0 Å². The first kappa shape index (κ1) is 22.4. The van der Waals surface area contributed by atoms with Crippen molar-refractivity contribution in [3.05, 3.63) is 0 Å². The molecule has 0 radical (unpaired) electrons. The number of hydrogen-bond donors (Lipinski definition) is 2. The molecule has 2 heterocycles. The van der Waals surface area contributed by atoms with Crippen molar-refractivity contribution in [2.45, 2.75) is 68.7 Å². The van der Waals surface area contributed by atoms with Gasteiger partial charge in [0.15, 0.2) is 0 Å². The predicted molar refractivity (Wildman–Crippen MR) is 108 cm³/mol. The fraction of sp³-hybridized carbons (Fsp3) is 0.833. The minimum Gasteiger partial charge on any atom is -0.480 e. The molecule has 7 nitrogen and oxygen atoms in total. The van der Waals surface area contributed by atoms with Crippen LogP contribution in [0.15, 0.2) is 0 Å². The van der Waals surface area contributed by atoms with E-state index in [1.54, 1.807) is 37.4 Å². The number of thioether (sulfide) groups is 2. The number of amides is 1. The van der Waals surface area contributed by atoms with E-state index in [-0.39, 0.29) is 22.6 Å². The summed E-state index contributed by atoms with van der Waals surface area (Å²) in [7, 11) is 0. The van der Waals surface area contributed by atoms with Crippen LogP contribution in [0, 0.1) is 0 Å². The van der Waals surface area contributed by atoms with E-state index in [9.17, 15) is 19.5 Å². The smallest absolute Gasteiger partial charge is 0.326 e. The Morgan fingerprint density at radius 3 is 2.52 bits per heavy atom. The monoisotopic (exact) mass is 418 g/mol. The molecule has 0 aromatic rings. The van der Waals surface area contributed by atoms with E-state index in [0.717, 1.165) is 24.3 Å². The number of carbonyl (C=O) groups excluding carboxylic acids is 2.